The first kappa shape index (κ1) is 10.4. The van der Waals surface area contributed by atoms with Crippen molar-refractivity contribution in [3.8, 4) is 0 Å². The van der Waals surface area contributed by atoms with Gasteiger partial charge in [0, 0.05) is 12.1 Å². The molecule has 0 aromatic heterocycles. The molecule has 0 bridgehead atoms. The first-order valence-electron chi connectivity index (χ1n) is 6.38. The maximum absolute atomic E-state index is 3.46. The van der Waals surface area contributed by atoms with Crippen molar-refractivity contribution in [2.45, 2.75) is 57.5 Å². The summed E-state index contributed by atoms with van der Waals surface area (Å²) in [5, 5.41) is 3.46. The number of piperidine rings is 1. The third-order valence-electron chi connectivity index (χ3n) is 3.82. The van der Waals surface area contributed by atoms with E-state index in [1.807, 2.05) is 0 Å². The minimum atomic E-state index is 0.898. The molecule has 2 aliphatic rings. The summed E-state index contributed by atoms with van der Waals surface area (Å²) in [5.41, 5.74) is 0. The van der Waals surface area contributed by atoms with Crippen LogP contribution in [0.15, 0.2) is 0 Å². The Kier molecular flexibility index (Phi) is 3.82. The van der Waals surface area contributed by atoms with Gasteiger partial charge in [-0.2, -0.15) is 0 Å². The van der Waals surface area contributed by atoms with Crippen LogP contribution in [0.4, 0.5) is 0 Å². The minimum absolute atomic E-state index is 0.898. The van der Waals surface area contributed by atoms with Gasteiger partial charge in [0.15, 0.2) is 0 Å². The van der Waals surface area contributed by atoms with Gasteiger partial charge in [0.25, 0.3) is 0 Å². The van der Waals surface area contributed by atoms with Crippen LogP contribution in [-0.4, -0.2) is 36.6 Å². The highest BCUT2D eigenvalue weighted by Crippen LogP contribution is 2.26. The van der Waals surface area contributed by atoms with E-state index >= 15 is 0 Å². The lowest BCUT2D eigenvalue weighted by molar-refractivity contribution is 0.141. The van der Waals surface area contributed by atoms with Crippen LogP contribution < -0.4 is 5.32 Å². The molecule has 0 saturated carbocycles. The molecule has 0 aromatic carbocycles. The van der Waals surface area contributed by atoms with E-state index < -0.39 is 0 Å². The second-order valence-electron chi connectivity index (χ2n) is 4.80. The van der Waals surface area contributed by atoms with E-state index in [4.69, 9.17) is 0 Å². The fraction of sp³-hybridized carbons (Fsp3) is 1.00. The molecule has 14 heavy (non-hydrogen) atoms. The topological polar surface area (TPSA) is 15.3 Å². The van der Waals surface area contributed by atoms with E-state index in [1.54, 1.807) is 0 Å². The van der Waals surface area contributed by atoms with Crippen LogP contribution in [0.1, 0.15) is 45.4 Å². The SMILES string of the molecule is CCC[C@@H]1CCCN1C1CCNCC1. The average Bonchev–Trinajstić information content (AvgIpc) is 2.68. The van der Waals surface area contributed by atoms with Gasteiger partial charge in [0.2, 0.25) is 0 Å². The van der Waals surface area contributed by atoms with Gasteiger partial charge >= 0.3 is 0 Å². The van der Waals surface area contributed by atoms with Crippen LogP contribution in [0.5, 0.6) is 0 Å². The first-order chi connectivity index (χ1) is 6.92. The maximum atomic E-state index is 3.46. The number of hydrogen-bond donors (Lipinski definition) is 1. The van der Waals surface area contributed by atoms with E-state index in [2.05, 4.69) is 17.1 Å². The standard InChI is InChI=1S/C12H24N2/c1-2-4-11-5-3-10-14(11)12-6-8-13-9-7-12/h11-13H,2-10H2,1H3/t11-/m1/s1. The number of rotatable bonds is 3. The number of nitrogens with one attached hydrogen (secondary N) is 1. The van der Waals surface area contributed by atoms with E-state index in [-0.39, 0.29) is 0 Å². The molecule has 2 fully saturated rings. The van der Waals surface area contributed by atoms with Crippen molar-refractivity contribution in [3.05, 3.63) is 0 Å². The molecule has 2 heteroatoms. The average molecular weight is 196 g/mol. The van der Waals surface area contributed by atoms with Crippen molar-refractivity contribution in [2.24, 2.45) is 0 Å². The number of nitrogens with zero attached hydrogens (tertiary/aromatic N) is 1. The highest BCUT2D eigenvalue weighted by Gasteiger charge is 2.30. The van der Waals surface area contributed by atoms with Gasteiger partial charge < -0.3 is 5.32 Å². The largest absolute Gasteiger partial charge is 0.317 e. The second-order valence-corrected chi connectivity index (χ2v) is 4.80. The smallest absolute Gasteiger partial charge is 0.0122 e. The Hall–Kier alpha value is -0.0800. The molecule has 2 rings (SSSR count). The lowest BCUT2D eigenvalue weighted by Crippen LogP contribution is -2.45. The highest BCUT2D eigenvalue weighted by molar-refractivity contribution is 4.86. The van der Waals surface area contributed by atoms with Crippen LogP contribution in [0.25, 0.3) is 0 Å². The summed E-state index contributed by atoms with van der Waals surface area (Å²) in [6.07, 6.45) is 8.42. The second kappa shape index (κ2) is 5.13. The van der Waals surface area contributed by atoms with E-state index in [0.29, 0.717) is 0 Å². The molecular formula is C12H24N2. The fourth-order valence-electron chi connectivity index (χ4n) is 3.12. The summed E-state index contributed by atoms with van der Waals surface area (Å²) in [4.78, 5) is 2.81. The molecular weight excluding hydrogens is 172 g/mol. The zero-order valence-electron chi connectivity index (χ0n) is 9.47. The summed E-state index contributed by atoms with van der Waals surface area (Å²) >= 11 is 0. The Bertz CT molecular complexity index is 164. The third kappa shape index (κ3) is 2.29. The number of likely N-dealkylation sites (tertiary alicyclic amines) is 1. The Balaban J connectivity index is 1.87. The van der Waals surface area contributed by atoms with Crippen molar-refractivity contribution in [3.63, 3.8) is 0 Å². The predicted molar refractivity (Wildman–Crippen MR) is 60.5 cm³/mol. The van der Waals surface area contributed by atoms with Crippen LogP contribution in [-0.2, 0) is 0 Å². The Morgan fingerprint density at radius 1 is 1.21 bits per heavy atom. The molecule has 0 radical (unpaired) electrons. The molecule has 0 unspecified atom stereocenters. The molecule has 0 aliphatic carbocycles. The van der Waals surface area contributed by atoms with Crippen molar-refractivity contribution < 1.29 is 0 Å². The zero-order valence-corrected chi connectivity index (χ0v) is 9.47. The van der Waals surface area contributed by atoms with E-state index in [0.717, 1.165) is 12.1 Å². The van der Waals surface area contributed by atoms with Gasteiger partial charge in [0.05, 0.1) is 0 Å². The normalized spacial score (nSPS) is 31.1. The highest BCUT2D eigenvalue weighted by atomic mass is 15.2. The molecule has 0 amide bonds. The molecule has 0 spiro atoms. The maximum Gasteiger partial charge on any atom is 0.0122 e. The van der Waals surface area contributed by atoms with Crippen LogP contribution >= 0.6 is 0 Å². The van der Waals surface area contributed by atoms with Gasteiger partial charge in [-0.1, -0.05) is 13.3 Å². The molecule has 82 valence electrons. The summed E-state index contributed by atoms with van der Waals surface area (Å²) < 4.78 is 0. The Labute approximate surface area is 88.1 Å². The van der Waals surface area contributed by atoms with Gasteiger partial charge in [-0.3, -0.25) is 4.90 Å². The summed E-state index contributed by atoms with van der Waals surface area (Å²) in [6.45, 7) is 6.16. The Morgan fingerprint density at radius 3 is 2.71 bits per heavy atom. The van der Waals surface area contributed by atoms with Crippen LogP contribution in [0, 0.1) is 0 Å². The first-order valence-corrected chi connectivity index (χ1v) is 6.38. The fourth-order valence-corrected chi connectivity index (χ4v) is 3.12. The molecule has 1 atom stereocenters. The van der Waals surface area contributed by atoms with Gasteiger partial charge in [-0.15, -0.1) is 0 Å². The Morgan fingerprint density at radius 2 is 2.00 bits per heavy atom. The van der Waals surface area contributed by atoms with Gasteiger partial charge in [-0.25, -0.2) is 0 Å². The number of hydrogen-bond acceptors (Lipinski definition) is 2. The van der Waals surface area contributed by atoms with Crippen molar-refractivity contribution in [2.75, 3.05) is 19.6 Å². The molecule has 2 aliphatic heterocycles. The molecule has 1 N–H and O–H groups in total. The lowest BCUT2D eigenvalue weighted by Gasteiger charge is -2.35. The predicted octanol–water partition coefficient (Wildman–Crippen LogP) is 2.00. The summed E-state index contributed by atoms with van der Waals surface area (Å²) in [7, 11) is 0. The molecule has 2 nitrogen and oxygen atoms in total. The van der Waals surface area contributed by atoms with Crippen LogP contribution in [0.2, 0.25) is 0 Å². The van der Waals surface area contributed by atoms with Gasteiger partial charge in [0.1, 0.15) is 0 Å². The summed E-state index contributed by atoms with van der Waals surface area (Å²) in [5.74, 6) is 0. The van der Waals surface area contributed by atoms with Crippen molar-refractivity contribution in [1.29, 1.82) is 0 Å². The van der Waals surface area contributed by atoms with E-state index in [1.165, 1.54) is 58.2 Å². The lowest BCUT2D eigenvalue weighted by atomic mass is 10.0. The van der Waals surface area contributed by atoms with Crippen molar-refractivity contribution in [1.82, 2.24) is 10.2 Å². The van der Waals surface area contributed by atoms with Crippen LogP contribution in [0.3, 0.4) is 0 Å². The molecule has 2 heterocycles. The third-order valence-corrected chi connectivity index (χ3v) is 3.82. The molecule has 2 saturated heterocycles. The summed E-state index contributed by atoms with van der Waals surface area (Å²) in [6, 6.07) is 1.82. The molecule has 0 aromatic rings. The minimum Gasteiger partial charge on any atom is -0.317 e. The van der Waals surface area contributed by atoms with Crippen molar-refractivity contribution >= 4 is 0 Å². The quantitative estimate of drug-likeness (QED) is 0.743. The zero-order chi connectivity index (χ0) is 9.80. The monoisotopic (exact) mass is 196 g/mol. The van der Waals surface area contributed by atoms with E-state index in [9.17, 15) is 0 Å². The van der Waals surface area contributed by atoms with Gasteiger partial charge in [-0.05, 0) is 51.7 Å².